The van der Waals surface area contributed by atoms with Gasteiger partial charge in [-0.1, -0.05) is 12.8 Å². The molecule has 0 atom stereocenters. The SMILES string of the molecule is O=C(O)CN(Cc1ccc(Br)o1)C1CCCC1. The van der Waals surface area contributed by atoms with E-state index in [-0.39, 0.29) is 6.54 Å². The molecule has 1 saturated carbocycles. The third kappa shape index (κ3) is 3.57. The minimum atomic E-state index is -0.775. The summed E-state index contributed by atoms with van der Waals surface area (Å²) in [6, 6.07) is 4.10. The number of hydrogen-bond acceptors (Lipinski definition) is 3. The van der Waals surface area contributed by atoms with Crippen molar-refractivity contribution in [3.63, 3.8) is 0 Å². The predicted molar refractivity (Wildman–Crippen MR) is 66.7 cm³/mol. The van der Waals surface area contributed by atoms with Gasteiger partial charge in [0.1, 0.15) is 5.76 Å². The molecule has 0 saturated heterocycles. The van der Waals surface area contributed by atoms with E-state index in [4.69, 9.17) is 9.52 Å². The Bertz CT molecular complexity index is 385. The topological polar surface area (TPSA) is 53.7 Å². The first kappa shape index (κ1) is 12.6. The molecule has 0 spiro atoms. The lowest BCUT2D eigenvalue weighted by Crippen LogP contribution is -2.36. The molecule has 0 aromatic carbocycles. The highest BCUT2D eigenvalue weighted by molar-refractivity contribution is 9.10. The molecule has 1 N–H and O–H groups in total. The zero-order valence-corrected chi connectivity index (χ0v) is 11.1. The molecule has 1 aromatic rings. The summed E-state index contributed by atoms with van der Waals surface area (Å²) in [7, 11) is 0. The first-order valence-corrected chi connectivity index (χ1v) is 6.64. The zero-order valence-electron chi connectivity index (χ0n) is 9.56. The van der Waals surface area contributed by atoms with Crippen molar-refractivity contribution in [2.45, 2.75) is 38.3 Å². The van der Waals surface area contributed by atoms with Crippen LogP contribution in [0, 0.1) is 0 Å². The first-order chi connectivity index (χ1) is 8.15. The maximum Gasteiger partial charge on any atom is 0.317 e. The number of furan rings is 1. The van der Waals surface area contributed by atoms with Gasteiger partial charge in [-0.2, -0.15) is 0 Å². The van der Waals surface area contributed by atoms with Gasteiger partial charge in [-0.15, -0.1) is 0 Å². The third-order valence-corrected chi connectivity index (χ3v) is 3.59. The van der Waals surface area contributed by atoms with Crippen LogP contribution in [0.3, 0.4) is 0 Å². The monoisotopic (exact) mass is 301 g/mol. The Morgan fingerprint density at radius 2 is 2.18 bits per heavy atom. The summed E-state index contributed by atoms with van der Waals surface area (Å²) in [5.74, 6) is 0.0348. The van der Waals surface area contributed by atoms with Gasteiger partial charge >= 0.3 is 5.97 Å². The highest BCUT2D eigenvalue weighted by Crippen LogP contribution is 2.25. The second-order valence-corrected chi connectivity index (χ2v) is 5.22. The van der Waals surface area contributed by atoms with E-state index in [1.54, 1.807) is 0 Å². The Labute approximate surface area is 109 Å². The lowest BCUT2D eigenvalue weighted by Gasteiger charge is -2.25. The van der Waals surface area contributed by atoms with Gasteiger partial charge in [0.2, 0.25) is 0 Å². The minimum absolute atomic E-state index is 0.0863. The third-order valence-electron chi connectivity index (χ3n) is 3.17. The summed E-state index contributed by atoms with van der Waals surface area (Å²) < 4.78 is 6.13. The highest BCUT2D eigenvalue weighted by atomic mass is 79.9. The number of aliphatic carboxylic acids is 1. The summed E-state index contributed by atoms with van der Waals surface area (Å²) in [6.07, 6.45) is 4.58. The summed E-state index contributed by atoms with van der Waals surface area (Å²) in [5.41, 5.74) is 0. The summed E-state index contributed by atoms with van der Waals surface area (Å²) in [4.78, 5) is 12.9. The van der Waals surface area contributed by atoms with E-state index < -0.39 is 5.97 Å². The van der Waals surface area contributed by atoms with Crippen molar-refractivity contribution in [3.8, 4) is 0 Å². The molecule has 0 unspecified atom stereocenters. The summed E-state index contributed by atoms with van der Waals surface area (Å²) >= 11 is 3.25. The van der Waals surface area contributed by atoms with Gasteiger partial charge in [0.05, 0.1) is 13.1 Å². The van der Waals surface area contributed by atoms with Crippen molar-refractivity contribution < 1.29 is 14.3 Å². The van der Waals surface area contributed by atoms with E-state index in [0.717, 1.165) is 18.6 Å². The fourth-order valence-electron chi connectivity index (χ4n) is 2.39. The Hall–Kier alpha value is -0.810. The normalized spacial score (nSPS) is 16.8. The number of carbonyl (C=O) groups is 1. The van der Waals surface area contributed by atoms with Crippen LogP contribution in [0.5, 0.6) is 0 Å². The van der Waals surface area contributed by atoms with Gasteiger partial charge in [0.25, 0.3) is 0 Å². The van der Waals surface area contributed by atoms with Crippen LogP contribution in [-0.4, -0.2) is 28.6 Å². The maximum atomic E-state index is 10.9. The van der Waals surface area contributed by atoms with Crippen molar-refractivity contribution in [1.29, 1.82) is 0 Å². The Kier molecular flexibility index (Phi) is 4.23. The number of rotatable bonds is 5. The maximum absolute atomic E-state index is 10.9. The smallest absolute Gasteiger partial charge is 0.317 e. The Morgan fingerprint density at radius 3 is 2.71 bits per heavy atom. The fraction of sp³-hybridized carbons (Fsp3) is 0.583. The largest absolute Gasteiger partial charge is 0.480 e. The number of carboxylic acids is 1. The highest BCUT2D eigenvalue weighted by Gasteiger charge is 2.25. The van der Waals surface area contributed by atoms with Crippen LogP contribution < -0.4 is 0 Å². The Balaban J connectivity index is 2.01. The van der Waals surface area contributed by atoms with E-state index in [1.165, 1.54) is 12.8 Å². The van der Waals surface area contributed by atoms with Gasteiger partial charge < -0.3 is 9.52 Å². The lowest BCUT2D eigenvalue weighted by molar-refractivity contribution is -0.139. The van der Waals surface area contributed by atoms with E-state index in [2.05, 4.69) is 15.9 Å². The van der Waals surface area contributed by atoms with Gasteiger partial charge in [-0.25, -0.2) is 0 Å². The van der Waals surface area contributed by atoms with Crippen LogP contribution >= 0.6 is 15.9 Å². The molecule has 1 aliphatic rings. The molecule has 0 radical (unpaired) electrons. The molecule has 0 amide bonds. The van der Waals surface area contributed by atoms with Gasteiger partial charge in [-0.05, 0) is 40.9 Å². The number of carboxylic acid groups (broad SMARTS) is 1. The first-order valence-electron chi connectivity index (χ1n) is 5.85. The summed E-state index contributed by atoms with van der Waals surface area (Å²) in [6.45, 7) is 0.658. The average Bonchev–Trinajstić information content (AvgIpc) is 2.87. The van der Waals surface area contributed by atoms with E-state index in [1.807, 2.05) is 17.0 Å². The quantitative estimate of drug-likeness (QED) is 0.908. The van der Waals surface area contributed by atoms with Crippen LogP contribution in [0.15, 0.2) is 21.2 Å². The van der Waals surface area contributed by atoms with Crippen LogP contribution in [-0.2, 0) is 11.3 Å². The molecule has 94 valence electrons. The number of nitrogens with zero attached hydrogens (tertiary/aromatic N) is 1. The molecule has 0 aliphatic heterocycles. The van der Waals surface area contributed by atoms with Crippen LogP contribution in [0.25, 0.3) is 0 Å². The second-order valence-electron chi connectivity index (χ2n) is 4.44. The predicted octanol–water partition coefficient (Wildman–Crippen LogP) is 2.87. The molecule has 1 aliphatic carbocycles. The molecule has 17 heavy (non-hydrogen) atoms. The molecule has 2 rings (SSSR count). The van der Waals surface area contributed by atoms with Gasteiger partial charge in [-0.3, -0.25) is 9.69 Å². The summed E-state index contributed by atoms with van der Waals surface area (Å²) in [5, 5.41) is 8.95. The van der Waals surface area contributed by atoms with Gasteiger partial charge in [0, 0.05) is 6.04 Å². The number of halogens is 1. The van der Waals surface area contributed by atoms with E-state index in [0.29, 0.717) is 17.3 Å². The molecule has 5 heteroatoms. The standard InChI is InChI=1S/C12H16BrNO3/c13-11-6-5-10(17-11)7-14(8-12(15)16)9-3-1-2-4-9/h5-6,9H,1-4,7-8H2,(H,15,16). The van der Waals surface area contributed by atoms with Gasteiger partial charge in [0.15, 0.2) is 4.67 Å². The van der Waals surface area contributed by atoms with Crippen LogP contribution in [0.2, 0.25) is 0 Å². The molecule has 4 nitrogen and oxygen atoms in total. The molecule has 0 bridgehead atoms. The van der Waals surface area contributed by atoms with Crippen molar-refractivity contribution >= 4 is 21.9 Å². The van der Waals surface area contributed by atoms with Crippen LogP contribution in [0.1, 0.15) is 31.4 Å². The fourth-order valence-corrected chi connectivity index (χ4v) is 2.73. The second kappa shape index (κ2) is 5.69. The molecular formula is C12H16BrNO3. The molecule has 1 aromatic heterocycles. The van der Waals surface area contributed by atoms with E-state index in [9.17, 15) is 4.79 Å². The molecule has 1 fully saturated rings. The van der Waals surface area contributed by atoms with Crippen LogP contribution in [0.4, 0.5) is 0 Å². The lowest BCUT2D eigenvalue weighted by atomic mass is 10.2. The molecule has 1 heterocycles. The van der Waals surface area contributed by atoms with Crippen molar-refractivity contribution in [1.82, 2.24) is 4.90 Å². The minimum Gasteiger partial charge on any atom is -0.480 e. The van der Waals surface area contributed by atoms with Crippen molar-refractivity contribution in [2.24, 2.45) is 0 Å². The number of hydrogen-bond donors (Lipinski definition) is 1. The molecular weight excluding hydrogens is 286 g/mol. The van der Waals surface area contributed by atoms with E-state index >= 15 is 0 Å². The zero-order chi connectivity index (χ0) is 12.3. The Morgan fingerprint density at radius 1 is 1.47 bits per heavy atom. The van der Waals surface area contributed by atoms with Crippen molar-refractivity contribution in [3.05, 3.63) is 22.6 Å². The van der Waals surface area contributed by atoms with Crippen molar-refractivity contribution in [2.75, 3.05) is 6.54 Å². The average molecular weight is 302 g/mol.